The van der Waals surface area contributed by atoms with Gasteiger partial charge in [-0.1, -0.05) is 6.07 Å². The quantitative estimate of drug-likeness (QED) is 0.933. The number of nitrogens with one attached hydrogen (secondary N) is 1. The predicted molar refractivity (Wildman–Crippen MR) is 78.6 cm³/mol. The molecular weight excluding hydrogens is 254 g/mol. The van der Waals surface area contributed by atoms with Gasteiger partial charge in [0.2, 0.25) is 0 Å². The van der Waals surface area contributed by atoms with Gasteiger partial charge in [0.05, 0.1) is 11.0 Å². The fourth-order valence-corrected chi connectivity index (χ4v) is 3.99. The molecule has 2 aromatic heterocycles. The van der Waals surface area contributed by atoms with Gasteiger partial charge in [0.25, 0.3) is 0 Å². The molecule has 2 unspecified atom stereocenters. The smallest absolute Gasteiger partial charge is 0.0897 e. The fraction of sp³-hybridized carbons (Fsp3) is 0.467. The molecule has 1 aliphatic carbocycles. The van der Waals surface area contributed by atoms with Crippen LogP contribution in [0.1, 0.15) is 45.9 Å². The van der Waals surface area contributed by atoms with Crippen LogP contribution in [0.25, 0.3) is 0 Å². The van der Waals surface area contributed by atoms with E-state index in [4.69, 9.17) is 0 Å². The Hall–Kier alpha value is -1.26. The van der Waals surface area contributed by atoms with Crippen molar-refractivity contribution in [2.24, 2.45) is 0 Å². The van der Waals surface area contributed by atoms with Crippen LogP contribution < -0.4 is 5.32 Å². The van der Waals surface area contributed by atoms with E-state index in [1.807, 2.05) is 25.5 Å². The number of pyridine rings is 1. The summed E-state index contributed by atoms with van der Waals surface area (Å²) in [5.41, 5.74) is 2.69. The summed E-state index contributed by atoms with van der Waals surface area (Å²) in [5, 5.41) is 4.60. The van der Waals surface area contributed by atoms with Crippen molar-refractivity contribution in [3.63, 3.8) is 0 Å². The monoisotopic (exact) mass is 273 g/mol. The molecule has 0 saturated carbocycles. The van der Waals surface area contributed by atoms with Crippen molar-refractivity contribution in [2.75, 3.05) is 7.05 Å². The summed E-state index contributed by atoms with van der Waals surface area (Å²) in [6, 6.07) is 4.60. The lowest BCUT2D eigenvalue weighted by molar-refractivity contribution is 0.420. The van der Waals surface area contributed by atoms with Gasteiger partial charge < -0.3 is 5.32 Å². The van der Waals surface area contributed by atoms with Crippen molar-refractivity contribution in [3.8, 4) is 0 Å². The largest absolute Gasteiger partial charge is 0.312 e. The lowest BCUT2D eigenvalue weighted by atomic mass is 9.81. The van der Waals surface area contributed by atoms with E-state index in [1.54, 1.807) is 11.3 Å². The van der Waals surface area contributed by atoms with Gasteiger partial charge in [-0.2, -0.15) is 0 Å². The molecule has 0 radical (unpaired) electrons. The van der Waals surface area contributed by atoms with E-state index in [0.717, 1.165) is 11.4 Å². The van der Waals surface area contributed by atoms with E-state index in [0.29, 0.717) is 12.0 Å². The first-order chi connectivity index (χ1) is 9.29. The molecule has 0 fully saturated rings. The third kappa shape index (κ3) is 2.42. The Bertz CT molecular complexity index is 564. The van der Waals surface area contributed by atoms with Crippen molar-refractivity contribution in [2.45, 2.75) is 38.1 Å². The van der Waals surface area contributed by atoms with E-state index in [9.17, 15) is 0 Å². The first-order valence-corrected chi connectivity index (χ1v) is 7.64. The van der Waals surface area contributed by atoms with E-state index in [2.05, 4.69) is 28.3 Å². The fourth-order valence-electron chi connectivity index (χ4n) is 3.03. The highest BCUT2D eigenvalue weighted by molar-refractivity contribution is 7.11. The minimum atomic E-state index is 0.333. The zero-order valence-electron chi connectivity index (χ0n) is 11.4. The normalized spacial score (nSPS) is 20.0. The molecule has 0 amide bonds. The van der Waals surface area contributed by atoms with Crippen molar-refractivity contribution in [1.29, 1.82) is 0 Å². The van der Waals surface area contributed by atoms with Crippen LogP contribution >= 0.6 is 11.3 Å². The van der Waals surface area contributed by atoms with Gasteiger partial charge >= 0.3 is 0 Å². The van der Waals surface area contributed by atoms with Crippen molar-refractivity contribution >= 4 is 11.3 Å². The third-order valence-corrected chi connectivity index (χ3v) is 4.89. The molecule has 0 spiro atoms. The molecule has 4 heteroatoms. The molecule has 3 rings (SSSR count). The lowest BCUT2D eigenvalue weighted by Crippen LogP contribution is -2.26. The van der Waals surface area contributed by atoms with Crippen LogP contribution in [0, 0.1) is 6.92 Å². The number of aromatic nitrogens is 2. The molecule has 2 atom stereocenters. The van der Waals surface area contributed by atoms with Crippen LogP contribution in [-0.4, -0.2) is 17.0 Å². The second-order valence-corrected chi connectivity index (χ2v) is 6.36. The Morgan fingerprint density at radius 3 is 3.05 bits per heavy atom. The summed E-state index contributed by atoms with van der Waals surface area (Å²) in [6.45, 7) is 2.06. The molecule has 3 nitrogen and oxygen atoms in total. The molecular formula is C15H19N3S. The van der Waals surface area contributed by atoms with Gasteiger partial charge in [-0.3, -0.25) is 4.98 Å². The van der Waals surface area contributed by atoms with Gasteiger partial charge in [-0.05, 0) is 44.9 Å². The van der Waals surface area contributed by atoms with E-state index in [1.165, 1.54) is 29.0 Å². The summed E-state index contributed by atoms with van der Waals surface area (Å²) >= 11 is 1.79. The Balaban J connectivity index is 1.97. The van der Waals surface area contributed by atoms with E-state index < -0.39 is 0 Å². The third-order valence-electron chi connectivity index (χ3n) is 3.90. The molecule has 0 aromatic carbocycles. The Morgan fingerprint density at radius 1 is 1.42 bits per heavy atom. The highest BCUT2D eigenvalue weighted by atomic mass is 32.1. The maximum absolute atomic E-state index is 4.65. The van der Waals surface area contributed by atoms with E-state index >= 15 is 0 Å². The number of likely N-dealkylation sites (N-methyl/N-ethyl adjacent to an activating group) is 1. The highest BCUT2D eigenvalue weighted by Crippen LogP contribution is 2.40. The SMILES string of the molecule is CNC(c1cnc(C)s1)C1CCCc2cccnc21. The lowest BCUT2D eigenvalue weighted by Gasteiger charge is -2.30. The standard InChI is InChI=1S/C15H19N3S/c1-10-18-9-13(19-10)15(16-2)12-7-3-5-11-6-4-8-17-14(11)12/h4,6,8-9,12,15-16H,3,5,7H2,1-2H3. The molecule has 2 aromatic rings. The zero-order chi connectivity index (χ0) is 13.2. The number of hydrogen-bond acceptors (Lipinski definition) is 4. The van der Waals surface area contributed by atoms with Gasteiger partial charge in [-0.15, -0.1) is 11.3 Å². The molecule has 0 saturated heterocycles. The summed E-state index contributed by atoms with van der Waals surface area (Å²) in [6.07, 6.45) is 7.55. The van der Waals surface area contributed by atoms with Gasteiger partial charge in [-0.25, -0.2) is 4.98 Å². The summed E-state index contributed by atoms with van der Waals surface area (Å²) < 4.78 is 0. The number of hydrogen-bond donors (Lipinski definition) is 1. The van der Waals surface area contributed by atoms with Gasteiger partial charge in [0, 0.05) is 28.9 Å². The molecule has 0 aliphatic heterocycles. The van der Waals surface area contributed by atoms with Crippen LogP contribution in [-0.2, 0) is 6.42 Å². The van der Waals surface area contributed by atoms with Crippen LogP contribution in [0.2, 0.25) is 0 Å². The maximum Gasteiger partial charge on any atom is 0.0897 e. The number of aryl methyl sites for hydroxylation is 2. The second kappa shape index (κ2) is 5.39. The maximum atomic E-state index is 4.65. The van der Waals surface area contributed by atoms with Crippen molar-refractivity contribution in [3.05, 3.63) is 45.7 Å². The highest BCUT2D eigenvalue weighted by Gasteiger charge is 2.30. The number of fused-ring (bicyclic) bond motifs is 1. The number of rotatable bonds is 3. The Morgan fingerprint density at radius 2 is 2.32 bits per heavy atom. The second-order valence-electron chi connectivity index (χ2n) is 5.09. The van der Waals surface area contributed by atoms with Crippen molar-refractivity contribution in [1.82, 2.24) is 15.3 Å². The first-order valence-electron chi connectivity index (χ1n) is 6.83. The molecule has 2 heterocycles. The van der Waals surface area contributed by atoms with Crippen molar-refractivity contribution < 1.29 is 0 Å². The van der Waals surface area contributed by atoms with Gasteiger partial charge in [0.15, 0.2) is 0 Å². The number of thiazole rings is 1. The summed E-state index contributed by atoms with van der Waals surface area (Å²) in [5.74, 6) is 0.467. The Kier molecular flexibility index (Phi) is 3.62. The zero-order valence-corrected chi connectivity index (χ0v) is 12.2. The van der Waals surface area contributed by atoms with Crippen LogP contribution in [0.5, 0.6) is 0 Å². The predicted octanol–water partition coefficient (Wildman–Crippen LogP) is 3.23. The van der Waals surface area contributed by atoms with Crippen LogP contribution in [0.3, 0.4) is 0 Å². The van der Waals surface area contributed by atoms with E-state index in [-0.39, 0.29) is 0 Å². The number of nitrogens with zero attached hydrogens (tertiary/aromatic N) is 2. The van der Waals surface area contributed by atoms with Crippen LogP contribution in [0.15, 0.2) is 24.5 Å². The molecule has 100 valence electrons. The molecule has 1 N–H and O–H groups in total. The Labute approximate surface area is 118 Å². The molecule has 0 bridgehead atoms. The average Bonchev–Trinajstić information content (AvgIpc) is 2.86. The first kappa shape index (κ1) is 12.8. The minimum Gasteiger partial charge on any atom is -0.312 e. The summed E-state index contributed by atoms with van der Waals surface area (Å²) in [7, 11) is 2.04. The average molecular weight is 273 g/mol. The van der Waals surface area contributed by atoms with Gasteiger partial charge in [0.1, 0.15) is 0 Å². The molecule has 19 heavy (non-hydrogen) atoms. The molecule has 1 aliphatic rings. The minimum absolute atomic E-state index is 0.333. The van der Waals surface area contributed by atoms with Crippen LogP contribution in [0.4, 0.5) is 0 Å². The summed E-state index contributed by atoms with van der Waals surface area (Å²) in [4.78, 5) is 10.4. The topological polar surface area (TPSA) is 37.8 Å².